The van der Waals surface area contributed by atoms with Crippen LogP contribution in [0.5, 0.6) is 0 Å². The van der Waals surface area contributed by atoms with Gasteiger partial charge in [-0.25, -0.2) is 0 Å². The fraction of sp³-hybridized carbons (Fsp3) is 0.0714. The first-order valence-electron chi connectivity index (χ1n) is 5.40. The molecule has 3 rings (SSSR count). The maximum absolute atomic E-state index is 12.2. The maximum Gasteiger partial charge on any atom is 0.258 e. The third-order valence-electron chi connectivity index (χ3n) is 2.92. The van der Waals surface area contributed by atoms with Crippen molar-refractivity contribution in [3.05, 3.63) is 59.1 Å². The van der Waals surface area contributed by atoms with E-state index in [0.717, 1.165) is 16.5 Å². The second-order valence-corrected chi connectivity index (χ2v) is 3.96. The van der Waals surface area contributed by atoms with Crippen molar-refractivity contribution in [1.82, 2.24) is 4.57 Å². The highest BCUT2D eigenvalue weighted by Crippen LogP contribution is 2.21. The number of furan rings is 1. The summed E-state index contributed by atoms with van der Waals surface area (Å²) in [5, 5.41) is 1.66. The standard InChI is InChI=1S/C14H11NO2/c1-15-12(13-7-4-8-17-13)9-10-5-2-3-6-11(10)14(15)16/h2-9H,1H3. The minimum Gasteiger partial charge on any atom is -0.463 e. The Morgan fingerprint density at radius 1 is 1.12 bits per heavy atom. The van der Waals surface area contributed by atoms with Crippen LogP contribution in [0.3, 0.4) is 0 Å². The van der Waals surface area contributed by atoms with Crippen LogP contribution in [0.2, 0.25) is 0 Å². The molecule has 0 N–H and O–H groups in total. The zero-order valence-corrected chi connectivity index (χ0v) is 9.38. The van der Waals surface area contributed by atoms with Gasteiger partial charge >= 0.3 is 0 Å². The zero-order valence-electron chi connectivity index (χ0n) is 9.38. The van der Waals surface area contributed by atoms with Crippen molar-refractivity contribution in [2.75, 3.05) is 0 Å². The molecule has 0 fully saturated rings. The van der Waals surface area contributed by atoms with E-state index in [4.69, 9.17) is 4.42 Å². The highest BCUT2D eigenvalue weighted by atomic mass is 16.3. The normalized spacial score (nSPS) is 10.9. The predicted octanol–water partition coefficient (Wildman–Crippen LogP) is 2.80. The summed E-state index contributed by atoms with van der Waals surface area (Å²) in [4.78, 5) is 12.2. The summed E-state index contributed by atoms with van der Waals surface area (Å²) in [6.07, 6.45) is 1.61. The van der Waals surface area contributed by atoms with E-state index in [1.807, 2.05) is 42.5 Å². The zero-order chi connectivity index (χ0) is 11.8. The average Bonchev–Trinajstić information content (AvgIpc) is 2.87. The first kappa shape index (κ1) is 9.90. The van der Waals surface area contributed by atoms with Crippen molar-refractivity contribution in [1.29, 1.82) is 0 Å². The van der Waals surface area contributed by atoms with Crippen LogP contribution in [-0.2, 0) is 7.05 Å². The molecule has 0 saturated carbocycles. The lowest BCUT2D eigenvalue weighted by Crippen LogP contribution is -2.18. The Hall–Kier alpha value is -2.29. The van der Waals surface area contributed by atoms with E-state index in [-0.39, 0.29) is 5.56 Å². The highest BCUT2D eigenvalue weighted by molar-refractivity contribution is 5.84. The molecule has 0 amide bonds. The quantitative estimate of drug-likeness (QED) is 0.638. The molecule has 1 aromatic carbocycles. The highest BCUT2D eigenvalue weighted by Gasteiger charge is 2.09. The monoisotopic (exact) mass is 225 g/mol. The van der Waals surface area contributed by atoms with Crippen LogP contribution >= 0.6 is 0 Å². The van der Waals surface area contributed by atoms with E-state index < -0.39 is 0 Å². The third-order valence-corrected chi connectivity index (χ3v) is 2.92. The van der Waals surface area contributed by atoms with Crippen molar-refractivity contribution >= 4 is 10.8 Å². The number of nitrogens with zero attached hydrogens (tertiary/aromatic N) is 1. The summed E-state index contributed by atoms with van der Waals surface area (Å²) < 4.78 is 6.96. The second kappa shape index (κ2) is 3.63. The van der Waals surface area contributed by atoms with Crippen LogP contribution in [0.1, 0.15) is 0 Å². The van der Waals surface area contributed by atoms with Gasteiger partial charge in [0.25, 0.3) is 5.56 Å². The molecule has 0 aliphatic carbocycles. The van der Waals surface area contributed by atoms with Crippen molar-refractivity contribution < 1.29 is 4.42 Å². The average molecular weight is 225 g/mol. The predicted molar refractivity (Wildman–Crippen MR) is 66.9 cm³/mol. The molecule has 0 spiro atoms. The first-order chi connectivity index (χ1) is 8.27. The Labute approximate surface area is 97.9 Å². The van der Waals surface area contributed by atoms with E-state index in [0.29, 0.717) is 5.76 Å². The van der Waals surface area contributed by atoms with Crippen molar-refractivity contribution in [2.45, 2.75) is 0 Å². The molecule has 0 unspecified atom stereocenters. The van der Waals surface area contributed by atoms with Gasteiger partial charge in [0.2, 0.25) is 0 Å². The van der Waals surface area contributed by atoms with Crippen LogP contribution in [-0.4, -0.2) is 4.57 Å². The van der Waals surface area contributed by atoms with Gasteiger partial charge in [0.05, 0.1) is 12.0 Å². The summed E-state index contributed by atoms with van der Waals surface area (Å²) in [5.41, 5.74) is 0.785. The molecule has 0 saturated heterocycles. The van der Waals surface area contributed by atoms with E-state index >= 15 is 0 Å². The summed E-state index contributed by atoms with van der Waals surface area (Å²) in [6.45, 7) is 0. The van der Waals surface area contributed by atoms with Crippen LogP contribution in [0.15, 0.2) is 57.9 Å². The number of rotatable bonds is 1. The van der Waals surface area contributed by atoms with Crippen molar-refractivity contribution in [3.63, 3.8) is 0 Å². The van der Waals surface area contributed by atoms with Crippen LogP contribution in [0, 0.1) is 0 Å². The van der Waals surface area contributed by atoms with Gasteiger partial charge in [-0.2, -0.15) is 0 Å². The number of pyridine rings is 1. The summed E-state index contributed by atoms with van der Waals surface area (Å²) in [6, 6.07) is 13.2. The first-order valence-corrected chi connectivity index (χ1v) is 5.40. The molecule has 0 atom stereocenters. The molecule has 0 bridgehead atoms. The number of aromatic nitrogens is 1. The minimum atomic E-state index is -0.00509. The van der Waals surface area contributed by atoms with Crippen LogP contribution in [0.25, 0.3) is 22.2 Å². The SMILES string of the molecule is Cn1c(-c2ccco2)cc2ccccc2c1=O. The van der Waals surface area contributed by atoms with Crippen molar-refractivity contribution in [2.24, 2.45) is 7.05 Å². The number of fused-ring (bicyclic) bond motifs is 1. The number of hydrogen-bond acceptors (Lipinski definition) is 2. The summed E-state index contributed by atoms with van der Waals surface area (Å²) in [7, 11) is 1.76. The Morgan fingerprint density at radius 3 is 2.71 bits per heavy atom. The summed E-state index contributed by atoms with van der Waals surface area (Å²) >= 11 is 0. The molecule has 3 aromatic rings. The molecular weight excluding hydrogens is 214 g/mol. The van der Waals surface area contributed by atoms with Crippen LogP contribution in [0.4, 0.5) is 0 Å². The van der Waals surface area contributed by atoms with E-state index in [9.17, 15) is 4.79 Å². The molecule has 2 aromatic heterocycles. The van der Waals surface area contributed by atoms with Gasteiger partial charge in [-0.15, -0.1) is 0 Å². The maximum atomic E-state index is 12.2. The molecule has 0 aliphatic heterocycles. The second-order valence-electron chi connectivity index (χ2n) is 3.96. The van der Waals surface area contributed by atoms with Gasteiger partial charge in [-0.1, -0.05) is 18.2 Å². The number of hydrogen-bond donors (Lipinski definition) is 0. The fourth-order valence-electron chi connectivity index (χ4n) is 2.01. The molecule has 17 heavy (non-hydrogen) atoms. The Balaban J connectivity index is 2.42. The Morgan fingerprint density at radius 2 is 1.94 bits per heavy atom. The summed E-state index contributed by atoms with van der Waals surface area (Å²) in [5.74, 6) is 0.704. The van der Waals surface area contributed by atoms with Crippen LogP contribution < -0.4 is 5.56 Å². The topological polar surface area (TPSA) is 35.1 Å². The lowest BCUT2D eigenvalue weighted by molar-refractivity contribution is 0.575. The van der Waals surface area contributed by atoms with Gasteiger partial charge in [0.15, 0.2) is 0 Å². The van der Waals surface area contributed by atoms with E-state index in [1.165, 1.54) is 0 Å². The molecule has 0 aliphatic rings. The molecule has 84 valence electrons. The molecular formula is C14H11NO2. The fourth-order valence-corrected chi connectivity index (χ4v) is 2.01. The van der Waals surface area contributed by atoms with Gasteiger partial charge in [-0.05, 0) is 29.7 Å². The van der Waals surface area contributed by atoms with E-state index in [1.54, 1.807) is 17.9 Å². The minimum absolute atomic E-state index is 0.00509. The lowest BCUT2D eigenvalue weighted by atomic mass is 10.1. The van der Waals surface area contributed by atoms with E-state index in [2.05, 4.69) is 0 Å². The van der Waals surface area contributed by atoms with Gasteiger partial charge < -0.3 is 8.98 Å². The van der Waals surface area contributed by atoms with Gasteiger partial charge in [-0.3, -0.25) is 4.79 Å². The molecule has 3 heteroatoms. The smallest absolute Gasteiger partial charge is 0.258 e. The third kappa shape index (κ3) is 1.47. The van der Waals surface area contributed by atoms with Gasteiger partial charge in [0, 0.05) is 12.4 Å². The Kier molecular flexibility index (Phi) is 2.11. The van der Waals surface area contributed by atoms with Crippen molar-refractivity contribution in [3.8, 4) is 11.5 Å². The van der Waals surface area contributed by atoms with Gasteiger partial charge in [0.1, 0.15) is 5.76 Å². The largest absolute Gasteiger partial charge is 0.463 e. The molecule has 0 radical (unpaired) electrons. The Bertz CT molecular complexity index is 724. The molecule has 2 heterocycles. The lowest BCUT2D eigenvalue weighted by Gasteiger charge is -2.07. The molecule has 3 nitrogen and oxygen atoms in total. The number of benzene rings is 1.